The number of nitrogens with zero attached hydrogens (tertiary/aromatic N) is 18. The van der Waals surface area contributed by atoms with Gasteiger partial charge in [0.25, 0.3) is 0 Å². The molecule has 3 aliphatic rings. The fourth-order valence-corrected chi connectivity index (χ4v) is 13.7. The van der Waals surface area contributed by atoms with E-state index in [1.807, 2.05) is 206 Å². The third-order valence-corrected chi connectivity index (χ3v) is 19.4. The van der Waals surface area contributed by atoms with Gasteiger partial charge in [0.15, 0.2) is 16.9 Å². The van der Waals surface area contributed by atoms with Gasteiger partial charge in [-0.05, 0) is 40.5 Å². The van der Waals surface area contributed by atoms with Crippen molar-refractivity contribution in [3.8, 4) is 67.5 Å². The molecule has 0 bridgehead atoms. The first kappa shape index (κ1) is 68.2. The van der Waals surface area contributed by atoms with Crippen molar-refractivity contribution in [3.05, 3.63) is 197 Å². The van der Waals surface area contributed by atoms with E-state index in [1.165, 1.54) is 0 Å². The number of likely N-dealkylation sites (N-methyl/N-ethyl adjacent to an activating group) is 2. The molecule has 22 nitrogen and oxygen atoms in total. The fraction of sp³-hybridized carbons (Fsp3) is 0.267. The van der Waals surface area contributed by atoms with Crippen LogP contribution in [-0.4, -0.2) is 206 Å². The van der Waals surface area contributed by atoms with Crippen molar-refractivity contribution in [3.63, 3.8) is 0 Å². The normalized spacial score (nSPS) is 15.0. The van der Waals surface area contributed by atoms with Gasteiger partial charge in [-0.3, -0.25) is 19.2 Å². The molecule has 15 rings (SSSR count). The highest BCUT2D eigenvalue weighted by atomic mass is 35.5. The number of hydrogen-bond acceptors (Lipinski definition) is 15. The van der Waals surface area contributed by atoms with E-state index in [-0.39, 0.29) is 43.3 Å². The molecular weight excluding hydrogens is 1320 g/mol. The highest BCUT2D eigenvalue weighted by Gasteiger charge is 2.31. The molecule has 100 heavy (non-hydrogen) atoms. The predicted octanol–water partition coefficient (Wildman–Crippen LogP) is 11.5. The summed E-state index contributed by atoms with van der Waals surface area (Å²) in [7, 11) is 6.18. The number of piperazine rings is 1. The van der Waals surface area contributed by atoms with Crippen LogP contribution in [0, 0.1) is 0 Å². The predicted molar refractivity (Wildman–Crippen MR) is 390 cm³/mol. The van der Waals surface area contributed by atoms with Crippen LogP contribution in [0.5, 0.6) is 0 Å². The van der Waals surface area contributed by atoms with Crippen molar-refractivity contribution in [2.24, 2.45) is 0 Å². The standard InChI is InChI=1S/C25H23ClN6O2.2C25H25ClN6O/c1-17(33)30-12-14-31(15-13-30)20(34)16-32-25-21(23(29-32)18-8-4-2-5-9-18)22(26)24(27-28-25)19-10-6-3-7-11-19;1-30(2)19-13-14-31(15-19)20(33)16-32-25-21(23(29-32)17-9-5-3-6-10-17)22(26)24(27-28-25)18-11-7-4-8-12-18;1-30-13-8-14-31(16-15-30)20(33)17-32-25-21(23(29-32)18-9-4-2-5-10-18)22(26)24(27-28-25)19-11-6-3-7-12-19/h2-11H,12-16H2,1H3;3-12,19H,13-16H2,1-2H3;2-7,9-12H,8,13-17H2,1H3. The smallest absolute Gasteiger partial charge is 0.244 e. The summed E-state index contributed by atoms with van der Waals surface area (Å²) in [4.78, 5) is 62.7. The maximum atomic E-state index is 13.2. The summed E-state index contributed by atoms with van der Waals surface area (Å²) in [6.45, 7) is 8.60. The van der Waals surface area contributed by atoms with Crippen molar-refractivity contribution in [1.82, 2.24) is 89.3 Å². The van der Waals surface area contributed by atoms with Crippen LogP contribution < -0.4 is 0 Å². The number of fused-ring (bicyclic) bond motifs is 3. The van der Waals surface area contributed by atoms with Crippen LogP contribution in [0.3, 0.4) is 0 Å². The zero-order valence-electron chi connectivity index (χ0n) is 55.8. The molecule has 0 N–H and O–H groups in total. The topological polar surface area (TPSA) is 219 Å². The van der Waals surface area contributed by atoms with E-state index in [0.717, 1.165) is 78.9 Å². The Balaban J connectivity index is 0.000000134. The van der Waals surface area contributed by atoms with Crippen LogP contribution in [-0.2, 0) is 38.8 Å². The number of aromatic nitrogens is 12. The maximum absolute atomic E-state index is 13.2. The minimum Gasteiger partial charge on any atom is -0.340 e. The number of benzene rings is 6. The van der Waals surface area contributed by atoms with Gasteiger partial charge in [0.05, 0.1) is 31.2 Å². The zero-order valence-corrected chi connectivity index (χ0v) is 58.1. The molecule has 6 aromatic carbocycles. The molecule has 508 valence electrons. The Morgan fingerprint density at radius 3 is 1.00 bits per heavy atom. The minimum atomic E-state index is -0.0859. The van der Waals surface area contributed by atoms with Crippen LogP contribution in [0.1, 0.15) is 19.8 Å². The highest BCUT2D eigenvalue weighted by Crippen LogP contribution is 2.41. The Labute approximate surface area is 593 Å². The van der Waals surface area contributed by atoms with Crippen LogP contribution in [0.2, 0.25) is 15.1 Å². The van der Waals surface area contributed by atoms with Gasteiger partial charge in [-0.15, -0.1) is 30.6 Å². The third-order valence-electron chi connectivity index (χ3n) is 18.3. The molecule has 0 saturated carbocycles. The number of halogens is 3. The van der Waals surface area contributed by atoms with E-state index in [1.54, 1.807) is 30.8 Å². The summed E-state index contributed by atoms with van der Waals surface area (Å²) in [6, 6.07) is 58.8. The zero-order chi connectivity index (χ0) is 69.4. The fourth-order valence-electron chi connectivity index (χ4n) is 12.8. The number of likely N-dealkylation sites (tertiary alicyclic amines) is 1. The monoisotopic (exact) mass is 1390 g/mol. The number of hydrogen-bond donors (Lipinski definition) is 0. The van der Waals surface area contributed by atoms with Crippen LogP contribution in [0.4, 0.5) is 0 Å². The molecular formula is C75H73Cl3N18O4. The van der Waals surface area contributed by atoms with Gasteiger partial charge in [-0.25, -0.2) is 14.0 Å². The largest absolute Gasteiger partial charge is 0.340 e. The van der Waals surface area contributed by atoms with E-state index in [0.29, 0.717) is 121 Å². The van der Waals surface area contributed by atoms with E-state index in [9.17, 15) is 19.2 Å². The molecule has 1 unspecified atom stereocenters. The average Bonchev–Trinajstić information content (AvgIpc) is 1.61. The van der Waals surface area contributed by atoms with Gasteiger partial charge in [0.2, 0.25) is 23.6 Å². The van der Waals surface area contributed by atoms with Gasteiger partial charge in [-0.1, -0.05) is 217 Å². The van der Waals surface area contributed by atoms with Crippen molar-refractivity contribution in [2.75, 3.05) is 86.6 Å². The quantitative estimate of drug-likeness (QED) is 0.105. The second-order valence-electron chi connectivity index (χ2n) is 25.1. The van der Waals surface area contributed by atoms with E-state index in [2.05, 4.69) is 47.4 Å². The summed E-state index contributed by atoms with van der Waals surface area (Å²) in [5.41, 5.74) is 10.6. The summed E-state index contributed by atoms with van der Waals surface area (Å²) in [6.07, 6.45) is 1.93. The maximum Gasteiger partial charge on any atom is 0.244 e. The molecule has 3 aliphatic heterocycles. The molecule has 3 saturated heterocycles. The number of carbonyl (C=O) groups excluding carboxylic acids is 4. The third kappa shape index (κ3) is 14.8. The van der Waals surface area contributed by atoms with Gasteiger partial charge < -0.3 is 29.4 Å². The molecule has 1 atom stereocenters. The lowest BCUT2D eigenvalue weighted by molar-refractivity contribution is -0.138. The molecule has 12 aromatic rings. The minimum absolute atomic E-state index is 0.0130. The Hall–Kier alpha value is -10.4. The summed E-state index contributed by atoms with van der Waals surface area (Å²) in [5.74, 6) is -0.0122. The Bertz CT molecular complexity index is 4890. The van der Waals surface area contributed by atoms with E-state index >= 15 is 0 Å². The van der Waals surface area contributed by atoms with Crippen molar-refractivity contribution >= 4 is 91.5 Å². The molecule has 3 fully saturated rings. The number of carbonyl (C=O) groups is 4. The van der Waals surface area contributed by atoms with Crippen molar-refractivity contribution in [1.29, 1.82) is 0 Å². The van der Waals surface area contributed by atoms with Gasteiger partial charge in [0, 0.05) is 105 Å². The highest BCUT2D eigenvalue weighted by molar-refractivity contribution is 6.40. The molecule has 9 heterocycles. The van der Waals surface area contributed by atoms with E-state index in [4.69, 9.17) is 50.1 Å². The second kappa shape index (κ2) is 30.8. The van der Waals surface area contributed by atoms with Crippen LogP contribution >= 0.6 is 34.8 Å². The van der Waals surface area contributed by atoms with Gasteiger partial charge in [0.1, 0.15) is 53.8 Å². The lowest BCUT2D eigenvalue weighted by atomic mass is 10.1. The lowest BCUT2D eigenvalue weighted by Crippen LogP contribution is -2.50. The second-order valence-corrected chi connectivity index (χ2v) is 26.2. The van der Waals surface area contributed by atoms with Crippen LogP contribution in [0.15, 0.2) is 182 Å². The van der Waals surface area contributed by atoms with Crippen molar-refractivity contribution < 1.29 is 19.2 Å². The molecule has 0 radical (unpaired) electrons. The summed E-state index contributed by atoms with van der Waals surface area (Å²) in [5, 5.41) is 44.4. The van der Waals surface area contributed by atoms with Crippen LogP contribution in [0.25, 0.3) is 101 Å². The Morgan fingerprint density at radius 2 is 0.680 bits per heavy atom. The molecule has 0 aliphatic carbocycles. The number of amides is 4. The van der Waals surface area contributed by atoms with Gasteiger partial charge in [-0.2, -0.15) is 15.3 Å². The summed E-state index contributed by atoms with van der Waals surface area (Å²) < 4.78 is 4.85. The van der Waals surface area contributed by atoms with Gasteiger partial charge >= 0.3 is 0 Å². The number of rotatable bonds is 13. The van der Waals surface area contributed by atoms with Crippen molar-refractivity contribution in [2.45, 2.75) is 45.4 Å². The first-order valence-corrected chi connectivity index (χ1v) is 34.3. The van der Waals surface area contributed by atoms with E-state index < -0.39 is 0 Å². The lowest BCUT2D eigenvalue weighted by Gasteiger charge is -2.34. The Kier molecular flexibility index (Phi) is 21.0. The summed E-state index contributed by atoms with van der Waals surface area (Å²) >= 11 is 20.7. The molecule has 6 aromatic heterocycles. The first-order valence-electron chi connectivity index (χ1n) is 33.2. The molecule has 0 spiro atoms. The SMILES string of the molecule is CC(=O)N1CCN(C(=O)Cn2nc(-c3ccccc3)c3c(Cl)c(-c4ccccc4)nnc32)CC1.CN(C)C1CCN(C(=O)Cn2nc(-c3ccccc3)c3c(Cl)c(-c4ccccc4)nnc32)C1.CN1CCCN(C(=O)Cn2nc(-c3ccccc3)c3c(Cl)c(-c4ccccc4)nnc32)CC1. The first-order chi connectivity index (χ1) is 48.7. The average molecular weight is 1400 g/mol. The molecule has 4 amide bonds. The molecule has 25 heteroatoms. The Morgan fingerprint density at radius 1 is 0.380 bits per heavy atom.